The molecule has 0 aliphatic carbocycles. The molecule has 1 N–H and O–H groups in total. The quantitative estimate of drug-likeness (QED) is 0.849. The minimum atomic E-state index is -0.315. The summed E-state index contributed by atoms with van der Waals surface area (Å²) in [6, 6.07) is 1.77. The third-order valence-corrected chi connectivity index (χ3v) is 3.03. The van der Waals surface area contributed by atoms with Gasteiger partial charge in [-0.2, -0.15) is 0 Å². The van der Waals surface area contributed by atoms with E-state index < -0.39 is 0 Å². The van der Waals surface area contributed by atoms with Crippen molar-refractivity contribution in [3.8, 4) is 11.3 Å². The summed E-state index contributed by atoms with van der Waals surface area (Å²) in [5.41, 5.74) is 2.27. The molecule has 0 fully saturated rings. The maximum absolute atomic E-state index is 11.6. The molecular weight excluding hydrogens is 236 g/mol. The van der Waals surface area contributed by atoms with E-state index in [1.54, 1.807) is 23.6 Å². The van der Waals surface area contributed by atoms with Crippen molar-refractivity contribution in [1.82, 2.24) is 9.97 Å². The van der Waals surface area contributed by atoms with Crippen LogP contribution in [0.5, 0.6) is 0 Å². The molecule has 0 aromatic carbocycles. The van der Waals surface area contributed by atoms with Gasteiger partial charge in [-0.3, -0.25) is 0 Å². The fraction of sp³-hybridized carbons (Fsp3) is 0.333. The number of nitrogens with one attached hydrogen (secondary N) is 1. The molecule has 2 rings (SSSR count). The van der Waals surface area contributed by atoms with E-state index in [4.69, 9.17) is 4.74 Å². The lowest BCUT2D eigenvalue weighted by molar-refractivity contribution is 0.0499. The van der Waals surface area contributed by atoms with Gasteiger partial charge in [0.05, 0.1) is 17.3 Å². The third kappa shape index (κ3) is 2.74. The van der Waals surface area contributed by atoms with Crippen molar-refractivity contribution < 1.29 is 9.53 Å². The molecule has 2 heterocycles. The van der Waals surface area contributed by atoms with Crippen molar-refractivity contribution in [2.45, 2.75) is 20.3 Å². The monoisotopic (exact) mass is 250 g/mol. The first-order valence-electron chi connectivity index (χ1n) is 5.48. The van der Waals surface area contributed by atoms with Gasteiger partial charge in [-0.05, 0) is 19.4 Å². The Morgan fingerprint density at radius 3 is 3.06 bits per heavy atom. The predicted octanol–water partition coefficient (Wildman–Crippen LogP) is 3.01. The second-order valence-corrected chi connectivity index (χ2v) is 4.75. The van der Waals surface area contributed by atoms with Crippen LogP contribution in [0.25, 0.3) is 11.3 Å². The van der Waals surface area contributed by atoms with Gasteiger partial charge in [0.25, 0.3) is 0 Å². The summed E-state index contributed by atoms with van der Waals surface area (Å²) in [7, 11) is 0. The molecule has 0 spiro atoms. The van der Waals surface area contributed by atoms with Gasteiger partial charge in [0, 0.05) is 17.1 Å². The summed E-state index contributed by atoms with van der Waals surface area (Å²) in [5, 5.41) is 2.98. The number of esters is 1. The summed E-state index contributed by atoms with van der Waals surface area (Å²) in [4.78, 5) is 18.9. The highest BCUT2D eigenvalue weighted by atomic mass is 32.1. The first-order valence-corrected chi connectivity index (χ1v) is 6.36. The number of H-pyrrole nitrogens is 1. The Morgan fingerprint density at radius 2 is 2.41 bits per heavy atom. The Balaban J connectivity index is 2.13. The Hall–Kier alpha value is -1.62. The van der Waals surface area contributed by atoms with Crippen LogP contribution in [0.15, 0.2) is 17.6 Å². The second-order valence-electron chi connectivity index (χ2n) is 3.69. The van der Waals surface area contributed by atoms with Gasteiger partial charge in [-0.15, -0.1) is 11.3 Å². The van der Waals surface area contributed by atoms with Gasteiger partial charge >= 0.3 is 5.97 Å². The van der Waals surface area contributed by atoms with Crippen LogP contribution < -0.4 is 0 Å². The van der Waals surface area contributed by atoms with E-state index in [0.717, 1.165) is 22.7 Å². The van der Waals surface area contributed by atoms with Crippen LogP contribution in [-0.2, 0) is 4.74 Å². The number of rotatable bonds is 4. The molecule has 5 heteroatoms. The van der Waals surface area contributed by atoms with Crippen LogP contribution in [0.2, 0.25) is 0 Å². The van der Waals surface area contributed by atoms with Crippen LogP contribution >= 0.6 is 11.3 Å². The van der Waals surface area contributed by atoms with E-state index in [1.165, 1.54) is 0 Å². The van der Waals surface area contributed by atoms with Gasteiger partial charge < -0.3 is 9.72 Å². The zero-order valence-corrected chi connectivity index (χ0v) is 10.6. The average Bonchev–Trinajstić information content (AvgIpc) is 2.93. The highest BCUT2D eigenvalue weighted by Gasteiger charge is 2.11. The molecule has 0 radical (unpaired) electrons. The Labute approximate surface area is 104 Å². The Morgan fingerprint density at radius 1 is 1.59 bits per heavy atom. The maximum atomic E-state index is 11.6. The van der Waals surface area contributed by atoms with Gasteiger partial charge in [0.15, 0.2) is 0 Å². The van der Waals surface area contributed by atoms with Crippen molar-refractivity contribution >= 4 is 17.3 Å². The molecule has 0 bridgehead atoms. The molecule has 2 aromatic heterocycles. The van der Waals surface area contributed by atoms with E-state index in [-0.39, 0.29) is 5.97 Å². The van der Waals surface area contributed by atoms with Gasteiger partial charge in [0.2, 0.25) is 0 Å². The lowest BCUT2D eigenvalue weighted by Crippen LogP contribution is -2.05. The average molecular weight is 250 g/mol. The van der Waals surface area contributed by atoms with Crippen molar-refractivity contribution in [2.24, 2.45) is 0 Å². The largest absolute Gasteiger partial charge is 0.461 e. The highest BCUT2D eigenvalue weighted by Crippen LogP contribution is 2.22. The van der Waals surface area contributed by atoms with Crippen molar-refractivity contribution in [3.05, 3.63) is 28.3 Å². The fourth-order valence-corrected chi connectivity index (χ4v) is 2.05. The summed E-state index contributed by atoms with van der Waals surface area (Å²) >= 11 is 1.59. The summed E-state index contributed by atoms with van der Waals surface area (Å²) < 4.78 is 5.04. The second kappa shape index (κ2) is 5.14. The van der Waals surface area contributed by atoms with E-state index in [1.807, 2.05) is 19.2 Å². The predicted molar refractivity (Wildman–Crippen MR) is 67.2 cm³/mol. The summed E-state index contributed by atoms with van der Waals surface area (Å²) in [5.74, 6) is -0.315. The molecule has 0 saturated heterocycles. The number of aromatic nitrogens is 2. The lowest BCUT2D eigenvalue weighted by Gasteiger charge is -1.99. The topological polar surface area (TPSA) is 55.0 Å². The van der Waals surface area contributed by atoms with Crippen LogP contribution in [-0.4, -0.2) is 22.5 Å². The number of ether oxygens (including phenoxy) is 1. The third-order valence-electron chi connectivity index (χ3n) is 2.25. The van der Waals surface area contributed by atoms with Gasteiger partial charge in [-0.1, -0.05) is 6.92 Å². The first kappa shape index (κ1) is 11.9. The number of thiazole rings is 1. The summed E-state index contributed by atoms with van der Waals surface area (Å²) in [6.45, 7) is 4.37. The normalized spacial score (nSPS) is 10.5. The number of nitrogens with zero attached hydrogens (tertiary/aromatic N) is 1. The SMILES string of the molecule is CCCOC(=O)c1cc(-c2csc(C)n2)c[nH]1. The molecule has 0 saturated carbocycles. The molecule has 4 nitrogen and oxygen atoms in total. The van der Waals surface area contributed by atoms with E-state index in [0.29, 0.717) is 12.3 Å². The Kier molecular flexibility index (Phi) is 3.58. The van der Waals surface area contributed by atoms with Crippen LogP contribution in [0.4, 0.5) is 0 Å². The van der Waals surface area contributed by atoms with Crippen LogP contribution in [0.3, 0.4) is 0 Å². The number of carbonyl (C=O) groups excluding carboxylic acids is 1. The number of aryl methyl sites for hydroxylation is 1. The zero-order chi connectivity index (χ0) is 12.3. The molecule has 2 aromatic rings. The zero-order valence-electron chi connectivity index (χ0n) is 9.82. The number of hydrogen-bond donors (Lipinski definition) is 1. The lowest BCUT2D eigenvalue weighted by atomic mass is 10.2. The maximum Gasteiger partial charge on any atom is 0.354 e. The molecule has 0 amide bonds. The molecular formula is C12H14N2O2S. The molecule has 0 atom stereocenters. The first-order chi connectivity index (χ1) is 8.20. The molecule has 0 aliphatic rings. The highest BCUT2D eigenvalue weighted by molar-refractivity contribution is 7.09. The van der Waals surface area contributed by atoms with E-state index >= 15 is 0 Å². The number of hydrogen-bond acceptors (Lipinski definition) is 4. The van der Waals surface area contributed by atoms with Crippen molar-refractivity contribution in [1.29, 1.82) is 0 Å². The fourth-order valence-electron chi connectivity index (χ4n) is 1.43. The van der Waals surface area contributed by atoms with Crippen molar-refractivity contribution in [2.75, 3.05) is 6.61 Å². The molecule has 90 valence electrons. The summed E-state index contributed by atoms with van der Waals surface area (Å²) in [6.07, 6.45) is 2.60. The van der Waals surface area contributed by atoms with Gasteiger partial charge in [0.1, 0.15) is 5.69 Å². The minimum absolute atomic E-state index is 0.315. The van der Waals surface area contributed by atoms with Crippen molar-refractivity contribution in [3.63, 3.8) is 0 Å². The molecule has 0 unspecified atom stereocenters. The van der Waals surface area contributed by atoms with Gasteiger partial charge in [-0.25, -0.2) is 9.78 Å². The van der Waals surface area contributed by atoms with Crippen LogP contribution in [0, 0.1) is 6.92 Å². The number of carbonyl (C=O) groups is 1. The molecule has 0 aliphatic heterocycles. The minimum Gasteiger partial charge on any atom is -0.461 e. The Bertz CT molecular complexity index is 516. The number of aromatic amines is 1. The van der Waals surface area contributed by atoms with Crippen LogP contribution in [0.1, 0.15) is 28.8 Å². The van der Waals surface area contributed by atoms with E-state index in [2.05, 4.69) is 9.97 Å². The standard InChI is InChI=1S/C12H14N2O2S/c1-3-4-16-12(15)10-5-9(6-13-10)11-7-17-8(2)14-11/h5-7,13H,3-4H2,1-2H3. The molecule has 17 heavy (non-hydrogen) atoms. The smallest absolute Gasteiger partial charge is 0.354 e. The van der Waals surface area contributed by atoms with E-state index in [9.17, 15) is 4.79 Å².